The van der Waals surface area contributed by atoms with Gasteiger partial charge in [0.05, 0.1) is 30.7 Å². The first-order valence-electron chi connectivity index (χ1n) is 19.5. The second-order valence-electron chi connectivity index (χ2n) is 16.3. The van der Waals surface area contributed by atoms with E-state index < -0.39 is 26.8 Å². The molecule has 7 rings (SSSR count). The zero-order chi connectivity index (χ0) is 38.3. The number of piperazine rings is 1. The molecule has 2 aliphatic carbocycles. The molecule has 54 heavy (non-hydrogen) atoms. The first-order chi connectivity index (χ1) is 25.9. The van der Waals surface area contributed by atoms with Crippen molar-refractivity contribution in [2.75, 3.05) is 78.1 Å². The number of anilines is 1. The van der Waals surface area contributed by atoms with Crippen LogP contribution >= 0.6 is 11.6 Å². The summed E-state index contributed by atoms with van der Waals surface area (Å²) in [4.78, 5) is 33.4. The van der Waals surface area contributed by atoms with Crippen molar-refractivity contribution in [3.8, 4) is 5.75 Å². The second kappa shape index (κ2) is 15.8. The summed E-state index contributed by atoms with van der Waals surface area (Å²) in [6, 6.07) is 11.5. The number of amides is 2. The Hall–Kier alpha value is -3.16. The number of fused-ring (bicyclic) bond motifs is 4. The van der Waals surface area contributed by atoms with Gasteiger partial charge in [0.1, 0.15) is 11.4 Å². The maximum Gasteiger partial charge on any atom is 0.264 e. The molecule has 0 unspecified atom stereocenters. The van der Waals surface area contributed by atoms with E-state index in [1.165, 1.54) is 11.1 Å². The Morgan fingerprint density at radius 3 is 2.65 bits per heavy atom. The van der Waals surface area contributed by atoms with Gasteiger partial charge in [0, 0.05) is 69.5 Å². The number of sulfonamides is 1. The van der Waals surface area contributed by atoms with Crippen molar-refractivity contribution in [3.63, 3.8) is 0 Å². The van der Waals surface area contributed by atoms with Crippen molar-refractivity contribution < 1.29 is 32.2 Å². The van der Waals surface area contributed by atoms with Crippen LogP contribution in [0, 0.1) is 17.8 Å². The molecule has 3 aliphatic heterocycles. The van der Waals surface area contributed by atoms with Crippen LogP contribution in [0.4, 0.5) is 5.69 Å². The van der Waals surface area contributed by atoms with Crippen molar-refractivity contribution in [1.82, 2.24) is 14.5 Å². The largest absolute Gasteiger partial charge is 0.490 e. The van der Waals surface area contributed by atoms with Crippen LogP contribution in [0.2, 0.25) is 5.02 Å². The first-order valence-corrected chi connectivity index (χ1v) is 21.4. The van der Waals surface area contributed by atoms with Crippen LogP contribution in [0.15, 0.2) is 48.6 Å². The third-order valence-corrected chi connectivity index (χ3v) is 15.2. The van der Waals surface area contributed by atoms with E-state index in [4.69, 9.17) is 25.8 Å². The summed E-state index contributed by atoms with van der Waals surface area (Å²) in [5.41, 5.74) is 2.54. The van der Waals surface area contributed by atoms with Crippen LogP contribution in [0.3, 0.4) is 0 Å². The smallest absolute Gasteiger partial charge is 0.264 e. The minimum atomic E-state index is -4.00. The number of nitrogens with zero attached hydrogens (tertiary/aromatic N) is 3. The quantitative estimate of drug-likeness (QED) is 0.402. The Bertz CT molecular complexity index is 1870. The van der Waals surface area contributed by atoms with Crippen molar-refractivity contribution in [2.24, 2.45) is 17.8 Å². The Kier molecular flexibility index (Phi) is 11.4. The second-order valence-corrected chi connectivity index (χ2v) is 18.7. The van der Waals surface area contributed by atoms with Gasteiger partial charge >= 0.3 is 0 Å². The molecule has 3 heterocycles. The van der Waals surface area contributed by atoms with E-state index in [0.29, 0.717) is 64.7 Å². The van der Waals surface area contributed by atoms with Gasteiger partial charge in [0.25, 0.3) is 5.91 Å². The summed E-state index contributed by atoms with van der Waals surface area (Å²) >= 11 is 6.49. The van der Waals surface area contributed by atoms with Crippen LogP contribution in [-0.4, -0.2) is 114 Å². The molecular formula is C41H55ClN4O7S. The number of aryl methyl sites for hydroxylation is 1. The molecule has 13 heteroatoms. The number of carbonyl (C=O) groups is 2. The standard InChI is InChI=1S/C41H55ClN4O7S/c1-28-7-5-16-41(52-4,26-44-17-18-45(19-20-51-3)38(47)24-44)35-12-9-32(35)23-46-25-40(15-6-8-30-21-33(42)11-13-34(30)40)27-53-37-14-10-31(22-36(37)46)39(48)43-54(49,50)29(28)2/h5,10-11,13-14,16,21-22,28-29,32,35H,6-9,12,15,17-20,23-27H2,1-4H3,(H,43,48)/b16-5-/t28-,29+,32-,35+,40-,41+/m0/s1. The van der Waals surface area contributed by atoms with Gasteiger partial charge in [-0.2, -0.15) is 0 Å². The summed E-state index contributed by atoms with van der Waals surface area (Å²) < 4.78 is 48.1. The fourth-order valence-electron chi connectivity index (χ4n) is 9.49. The fourth-order valence-corrected chi connectivity index (χ4v) is 11.0. The van der Waals surface area contributed by atoms with Crippen LogP contribution in [-0.2, 0) is 36.1 Å². The van der Waals surface area contributed by atoms with Crippen molar-refractivity contribution >= 4 is 39.1 Å². The van der Waals surface area contributed by atoms with Gasteiger partial charge in [-0.1, -0.05) is 36.7 Å². The predicted molar refractivity (Wildman–Crippen MR) is 210 cm³/mol. The lowest BCUT2D eigenvalue weighted by Crippen LogP contribution is -2.60. The summed E-state index contributed by atoms with van der Waals surface area (Å²) in [6.07, 6.45) is 9.54. The minimum absolute atomic E-state index is 0.0814. The van der Waals surface area contributed by atoms with Crippen molar-refractivity contribution in [3.05, 3.63) is 70.3 Å². The number of halogens is 1. The summed E-state index contributed by atoms with van der Waals surface area (Å²) in [7, 11) is -0.588. The van der Waals surface area contributed by atoms with Gasteiger partial charge < -0.3 is 24.0 Å². The van der Waals surface area contributed by atoms with Gasteiger partial charge in [-0.3, -0.25) is 14.5 Å². The van der Waals surface area contributed by atoms with E-state index in [2.05, 4.69) is 38.8 Å². The lowest BCUT2D eigenvalue weighted by atomic mass is 9.63. The van der Waals surface area contributed by atoms with Gasteiger partial charge in [0.15, 0.2) is 0 Å². The molecule has 2 fully saturated rings. The molecule has 2 bridgehead atoms. The molecule has 1 saturated carbocycles. The highest BCUT2D eigenvalue weighted by Crippen LogP contribution is 2.49. The van der Waals surface area contributed by atoms with Gasteiger partial charge in [-0.15, -0.1) is 0 Å². The van der Waals surface area contributed by atoms with E-state index in [0.717, 1.165) is 49.4 Å². The highest BCUT2D eigenvalue weighted by atomic mass is 35.5. The number of nitrogens with one attached hydrogen (secondary N) is 1. The molecule has 11 nitrogen and oxygen atoms in total. The number of hydrogen-bond donors (Lipinski definition) is 1. The Balaban J connectivity index is 1.28. The normalized spacial score (nSPS) is 32.1. The molecular weight excluding hydrogens is 728 g/mol. The number of benzene rings is 2. The van der Waals surface area contributed by atoms with Gasteiger partial charge in [-0.25, -0.2) is 13.1 Å². The molecule has 6 atom stereocenters. The van der Waals surface area contributed by atoms with E-state index in [-0.39, 0.29) is 34.6 Å². The van der Waals surface area contributed by atoms with E-state index in [1.807, 2.05) is 24.0 Å². The van der Waals surface area contributed by atoms with Crippen molar-refractivity contribution in [2.45, 2.75) is 68.6 Å². The zero-order valence-electron chi connectivity index (χ0n) is 32.0. The summed E-state index contributed by atoms with van der Waals surface area (Å²) in [5, 5.41) is -0.104. The van der Waals surface area contributed by atoms with Crippen LogP contribution in [0.5, 0.6) is 5.75 Å². The lowest BCUT2D eigenvalue weighted by Gasteiger charge is -2.52. The summed E-state index contributed by atoms with van der Waals surface area (Å²) in [5.74, 6) is 0.210. The third kappa shape index (κ3) is 7.65. The third-order valence-electron chi connectivity index (χ3n) is 13.0. The molecule has 1 spiro atoms. The fraction of sp³-hybridized carbons (Fsp3) is 0.610. The Morgan fingerprint density at radius 1 is 1.07 bits per heavy atom. The molecule has 2 aromatic carbocycles. The first kappa shape index (κ1) is 39.1. The molecule has 0 radical (unpaired) electrons. The van der Waals surface area contributed by atoms with Gasteiger partial charge in [-0.05, 0) is 105 Å². The van der Waals surface area contributed by atoms with Crippen LogP contribution in [0.1, 0.15) is 67.4 Å². The molecule has 5 aliphatic rings. The molecule has 2 amide bonds. The van der Waals surface area contributed by atoms with E-state index in [1.54, 1.807) is 33.3 Å². The number of hydrogen-bond acceptors (Lipinski definition) is 9. The number of methoxy groups -OCH3 is 2. The van der Waals surface area contributed by atoms with E-state index in [9.17, 15) is 18.0 Å². The highest BCUT2D eigenvalue weighted by molar-refractivity contribution is 7.90. The zero-order valence-corrected chi connectivity index (χ0v) is 33.6. The molecule has 1 saturated heterocycles. The molecule has 0 aromatic heterocycles. The number of rotatable bonds is 6. The Morgan fingerprint density at radius 2 is 1.91 bits per heavy atom. The maximum absolute atomic E-state index is 13.6. The van der Waals surface area contributed by atoms with Crippen LogP contribution < -0.4 is 14.4 Å². The molecule has 294 valence electrons. The molecule has 2 aromatic rings. The van der Waals surface area contributed by atoms with Gasteiger partial charge in [0.2, 0.25) is 15.9 Å². The minimum Gasteiger partial charge on any atom is -0.490 e. The molecule has 1 N–H and O–H groups in total. The average molecular weight is 783 g/mol. The van der Waals surface area contributed by atoms with Crippen molar-refractivity contribution in [1.29, 1.82) is 0 Å². The van der Waals surface area contributed by atoms with E-state index >= 15 is 0 Å². The SMILES string of the molecule is COCCN1CCN(C[C@]2(OC)/C=C\C[C@H](C)[C@@H](C)S(=O)(=O)NC(=O)c3ccc4c(c3)N(C[C@@H]3CC[C@H]32)C[C@@]2(CCCc3cc(Cl)ccc32)CO4)CC1=O. The lowest BCUT2D eigenvalue weighted by molar-refractivity contribution is -0.140. The van der Waals surface area contributed by atoms with Crippen LogP contribution in [0.25, 0.3) is 0 Å². The maximum atomic E-state index is 13.6. The topological polar surface area (TPSA) is 118 Å². The summed E-state index contributed by atoms with van der Waals surface area (Å²) in [6.45, 7) is 8.67. The Labute approximate surface area is 325 Å². The average Bonchev–Trinajstić information content (AvgIpc) is 3.28. The predicted octanol–water partition coefficient (Wildman–Crippen LogP) is 5.06. The monoisotopic (exact) mass is 782 g/mol. The number of ether oxygens (including phenoxy) is 3. The highest BCUT2D eigenvalue weighted by Gasteiger charge is 2.50. The number of carbonyl (C=O) groups excluding carboxylic acids is 2. The number of allylic oxidation sites excluding steroid dienone is 1.